The molecule has 2 fully saturated rings. The lowest BCUT2D eigenvalue weighted by Crippen LogP contribution is -2.55. The molecule has 0 bridgehead atoms. The van der Waals surface area contributed by atoms with Crippen LogP contribution in [0.15, 0.2) is 12.1 Å². The molecule has 10 heteroatoms. The Bertz CT molecular complexity index is 847. The summed E-state index contributed by atoms with van der Waals surface area (Å²) in [5.74, 6) is 1.02. The average molecular weight is 517 g/mol. The second-order valence-electron chi connectivity index (χ2n) is 9.40. The highest BCUT2D eigenvalue weighted by Crippen LogP contribution is 2.29. The lowest BCUT2D eigenvalue weighted by atomic mass is 9.93. The summed E-state index contributed by atoms with van der Waals surface area (Å²) in [5.41, 5.74) is 6.56. The van der Waals surface area contributed by atoms with E-state index in [0.29, 0.717) is 27.9 Å². The van der Waals surface area contributed by atoms with E-state index < -0.39 is 0 Å². The molecule has 0 aliphatic carbocycles. The number of nitrogens with two attached hydrogens (primary N) is 1. The molecule has 2 heterocycles. The second kappa shape index (κ2) is 12.8. The molecule has 34 heavy (non-hydrogen) atoms. The van der Waals surface area contributed by atoms with E-state index >= 15 is 0 Å². The Balaban J connectivity index is 0.00000408. The normalized spacial score (nSPS) is 21.8. The largest absolute Gasteiger partial charge is 0.496 e. The van der Waals surface area contributed by atoms with Gasteiger partial charge in [-0.3, -0.25) is 9.59 Å². The Kier molecular flexibility index (Phi) is 10.7. The molecule has 8 nitrogen and oxygen atoms in total. The maximum absolute atomic E-state index is 13.0. The van der Waals surface area contributed by atoms with E-state index in [1.807, 2.05) is 18.7 Å². The van der Waals surface area contributed by atoms with Gasteiger partial charge in [0.15, 0.2) is 0 Å². The number of carbonyl (C=O) groups is 2. The first-order valence-electron chi connectivity index (χ1n) is 11.7. The van der Waals surface area contributed by atoms with Crippen molar-refractivity contribution >= 4 is 41.5 Å². The zero-order valence-corrected chi connectivity index (χ0v) is 22.1. The molecule has 2 aliphatic rings. The number of nitrogens with one attached hydrogen (secondary N) is 1. The topological polar surface area (TPSA) is 97.1 Å². The fourth-order valence-electron chi connectivity index (χ4n) is 4.78. The number of nitrogen functional groups attached to an aromatic ring is 1. The number of ether oxygens (including phenoxy) is 2. The van der Waals surface area contributed by atoms with Crippen LogP contribution < -0.4 is 15.8 Å². The summed E-state index contributed by atoms with van der Waals surface area (Å²) in [5, 5.41) is 3.42. The number of rotatable bonds is 7. The third kappa shape index (κ3) is 6.90. The number of methoxy groups -OCH3 is 2. The Morgan fingerprint density at radius 2 is 1.85 bits per heavy atom. The first-order valence-corrected chi connectivity index (χ1v) is 12.1. The number of anilines is 1. The van der Waals surface area contributed by atoms with Gasteiger partial charge in [0.1, 0.15) is 5.75 Å². The van der Waals surface area contributed by atoms with Crippen LogP contribution in [0.4, 0.5) is 5.69 Å². The quantitative estimate of drug-likeness (QED) is 0.540. The monoisotopic (exact) mass is 516 g/mol. The molecular formula is C24H38Cl2N4O4. The zero-order chi connectivity index (χ0) is 24.1. The van der Waals surface area contributed by atoms with Crippen LogP contribution in [0.3, 0.4) is 0 Å². The number of hydrogen-bond donors (Lipinski definition) is 2. The van der Waals surface area contributed by atoms with E-state index in [9.17, 15) is 9.59 Å². The third-order valence-corrected chi connectivity index (χ3v) is 7.09. The summed E-state index contributed by atoms with van der Waals surface area (Å²) in [6.07, 6.45) is 2.75. The standard InChI is InChI=1S/C24H37ClN4O4.ClH/c1-15(2)24(31)29-9-5-16(6-10-29)13-28-8-7-20(22(14-28)33-4)27-23(30)17-11-18(25)19(26)12-21(17)32-3;/h11-12,15-16,20,22H,5-10,13-14,26H2,1-4H3,(H,27,30);1H. The van der Waals surface area contributed by atoms with Gasteiger partial charge in [-0.05, 0) is 31.2 Å². The van der Waals surface area contributed by atoms with Gasteiger partial charge < -0.3 is 30.3 Å². The van der Waals surface area contributed by atoms with Crippen molar-refractivity contribution < 1.29 is 19.1 Å². The van der Waals surface area contributed by atoms with E-state index in [2.05, 4.69) is 10.2 Å². The van der Waals surface area contributed by atoms with Crippen molar-refractivity contribution in [2.75, 3.05) is 52.7 Å². The van der Waals surface area contributed by atoms with Crippen LogP contribution in [0.2, 0.25) is 5.02 Å². The van der Waals surface area contributed by atoms with Crippen molar-refractivity contribution in [2.45, 2.75) is 45.3 Å². The van der Waals surface area contributed by atoms with Crippen LogP contribution in [0.1, 0.15) is 43.5 Å². The summed E-state index contributed by atoms with van der Waals surface area (Å²) in [4.78, 5) is 29.6. The minimum absolute atomic E-state index is 0. The van der Waals surface area contributed by atoms with Gasteiger partial charge in [-0.2, -0.15) is 0 Å². The van der Waals surface area contributed by atoms with Gasteiger partial charge in [0.25, 0.3) is 5.91 Å². The molecule has 1 aromatic carbocycles. The fraction of sp³-hybridized carbons (Fsp3) is 0.667. The predicted octanol–water partition coefficient (Wildman–Crippen LogP) is 3.07. The lowest BCUT2D eigenvalue weighted by Gasteiger charge is -2.41. The van der Waals surface area contributed by atoms with Crippen molar-refractivity contribution in [1.82, 2.24) is 15.1 Å². The number of likely N-dealkylation sites (tertiary alicyclic amines) is 2. The molecule has 0 saturated carbocycles. The lowest BCUT2D eigenvalue weighted by molar-refractivity contribution is -0.136. The highest BCUT2D eigenvalue weighted by molar-refractivity contribution is 6.33. The molecular weight excluding hydrogens is 479 g/mol. The molecule has 2 saturated heterocycles. The van der Waals surface area contributed by atoms with E-state index in [-0.39, 0.29) is 42.3 Å². The second-order valence-corrected chi connectivity index (χ2v) is 9.81. The maximum Gasteiger partial charge on any atom is 0.255 e. The molecule has 0 radical (unpaired) electrons. The van der Waals surface area contributed by atoms with Crippen molar-refractivity contribution in [3.05, 3.63) is 22.7 Å². The van der Waals surface area contributed by atoms with Gasteiger partial charge in [-0.25, -0.2) is 0 Å². The molecule has 0 aromatic heterocycles. The summed E-state index contributed by atoms with van der Waals surface area (Å²) < 4.78 is 11.1. The molecule has 1 aromatic rings. The molecule has 192 valence electrons. The predicted molar refractivity (Wildman–Crippen MR) is 137 cm³/mol. The SMILES string of the molecule is COc1cc(N)c(Cl)cc1C(=O)NC1CCN(CC2CCN(C(=O)C(C)C)CC2)CC1OC.Cl. The first-order chi connectivity index (χ1) is 15.7. The number of benzene rings is 1. The van der Waals surface area contributed by atoms with Crippen LogP contribution in [0.5, 0.6) is 5.75 Å². The highest BCUT2D eigenvalue weighted by Gasteiger charge is 2.33. The van der Waals surface area contributed by atoms with Crippen LogP contribution in [-0.2, 0) is 9.53 Å². The zero-order valence-electron chi connectivity index (χ0n) is 20.5. The van der Waals surface area contributed by atoms with Gasteiger partial charge >= 0.3 is 0 Å². The van der Waals surface area contributed by atoms with Gasteiger partial charge in [-0.15, -0.1) is 12.4 Å². The third-order valence-electron chi connectivity index (χ3n) is 6.76. The fourth-order valence-corrected chi connectivity index (χ4v) is 4.94. The molecule has 2 unspecified atom stereocenters. The van der Waals surface area contributed by atoms with Gasteiger partial charge in [0.05, 0.1) is 35.5 Å². The minimum Gasteiger partial charge on any atom is -0.496 e. The smallest absolute Gasteiger partial charge is 0.255 e. The van der Waals surface area contributed by atoms with Crippen molar-refractivity contribution in [3.8, 4) is 5.75 Å². The van der Waals surface area contributed by atoms with Crippen LogP contribution in [0.25, 0.3) is 0 Å². The van der Waals surface area contributed by atoms with E-state index in [1.54, 1.807) is 19.2 Å². The van der Waals surface area contributed by atoms with E-state index in [1.165, 1.54) is 7.11 Å². The van der Waals surface area contributed by atoms with Gasteiger partial charge in [0, 0.05) is 51.8 Å². The molecule has 0 spiro atoms. The summed E-state index contributed by atoms with van der Waals surface area (Å²) in [6, 6.07) is 3.00. The van der Waals surface area contributed by atoms with Crippen molar-refractivity contribution in [2.24, 2.45) is 11.8 Å². The average Bonchev–Trinajstić information content (AvgIpc) is 2.81. The Hall–Kier alpha value is -1.74. The van der Waals surface area contributed by atoms with Crippen molar-refractivity contribution in [3.63, 3.8) is 0 Å². The van der Waals surface area contributed by atoms with Crippen LogP contribution in [0, 0.1) is 11.8 Å². The Morgan fingerprint density at radius 3 is 2.44 bits per heavy atom. The van der Waals surface area contributed by atoms with E-state index in [4.69, 9.17) is 26.8 Å². The van der Waals surface area contributed by atoms with Crippen LogP contribution in [-0.4, -0.2) is 80.7 Å². The molecule has 2 amide bonds. The van der Waals surface area contributed by atoms with Crippen LogP contribution >= 0.6 is 24.0 Å². The number of piperidine rings is 2. The summed E-state index contributed by atoms with van der Waals surface area (Å²) in [7, 11) is 3.18. The van der Waals surface area contributed by atoms with Crippen molar-refractivity contribution in [1.29, 1.82) is 0 Å². The number of nitrogens with zero attached hydrogens (tertiary/aromatic N) is 2. The van der Waals surface area contributed by atoms with E-state index in [0.717, 1.165) is 52.0 Å². The molecule has 2 atom stereocenters. The van der Waals surface area contributed by atoms with Gasteiger partial charge in [0.2, 0.25) is 5.91 Å². The minimum atomic E-state index is -0.253. The Morgan fingerprint density at radius 1 is 1.18 bits per heavy atom. The summed E-state index contributed by atoms with van der Waals surface area (Å²) in [6.45, 7) is 8.23. The number of carbonyl (C=O) groups excluding carboxylic acids is 2. The number of amides is 2. The summed E-state index contributed by atoms with van der Waals surface area (Å²) >= 11 is 6.13. The maximum atomic E-state index is 13.0. The number of halogens is 2. The van der Waals surface area contributed by atoms with Gasteiger partial charge in [-0.1, -0.05) is 25.4 Å². The first kappa shape index (κ1) is 28.5. The Labute approximate surface area is 213 Å². The number of hydrogen-bond acceptors (Lipinski definition) is 6. The molecule has 3 rings (SSSR count). The highest BCUT2D eigenvalue weighted by atomic mass is 35.5. The molecule has 3 N–H and O–H groups in total. The molecule has 2 aliphatic heterocycles.